The maximum absolute atomic E-state index is 12.9. The van der Waals surface area contributed by atoms with E-state index >= 15 is 0 Å². The van der Waals surface area contributed by atoms with Gasteiger partial charge in [0.2, 0.25) is 5.91 Å². The quantitative estimate of drug-likeness (QED) is 0.411. The lowest BCUT2D eigenvalue weighted by atomic mass is 10.0. The number of hydrogen-bond donors (Lipinski definition) is 1. The van der Waals surface area contributed by atoms with E-state index in [2.05, 4.69) is 37.4 Å². The molecule has 0 atom stereocenters. The van der Waals surface area contributed by atoms with Crippen LogP contribution in [0.3, 0.4) is 0 Å². The first-order chi connectivity index (χ1) is 16.4. The van der Waals surface area contributed by atoms with E-state index in [4.69, 9.17) is 14.5 Å². The van der Waals surface area contributed by atoms with Crippen molar-refractivity contribution in [2.45, 2.75) is 33.6 Å². The number of benzene rings is 2. The molecule has 2 heterocycles. The van der Waals surface area contributed by atoms with E-state index in [1.54, 1.807) is 14.2 Å². The maximum Gasteiger partial charge on any atom is 0.226 e. The minimum atomic E-state index is -0.0343. The summed E-state index contributed by atoms with van der Waals surface area (Å²) in [6, 6.07) is 16.2. The summed E-state index contributed by atoms with van der Waals surface area (Å²) in [5.41, 5.74) is 8.26. The Hall–Kier alpha value is -3.80. The van der Waals surface area contributed by atoms with Gasteiger partial charge >= 0.3 is 0 Å². The zero-order valence-corrected chi connectivity index (χ0v) is 20.4. The Bertz CT molecular complexity index is 1340. The van der Waals surface area contributed by atoms with Gasteiger partial charge in [0.15, 0.2) is 11.5 Å². The molecule has 1 N–H and O–H groups in total. The Morgan fingerprint density at radius 1 is 0.941 bits per heavy atom. The van der Waals surface area contributed by atoms with Gasteiger partial charge in [-0.15, -0.1) is 0 Å². The zero-order chi connectivity index (χ0) is 24.2. The van der Waals surface area contributed by atoms with Crippen LogP contribution in [0, 0.1) is 20.8 Å². The number of aryl methyl sites for hydroxylation is 3. The van der Waals surface area contributed by atoms with Crippen molar-refractivity contribution in [1.29, 1.82) is 0 Å². The molecule has 0 radical (unpaired) electrons. The van der Waals surface area contributed by atoms with E-state index < -0.39 is 0 Å². The van der Waals surface area contributed by atoms with Crippen LogP contribution in [0.1, 0.15) is 27.9 Å². The molecule has 4 rings (SSSR count). The number of aromatic nitrogens is 2. The number of nitrogens with one attached hydrogen (secondary N) is 1. The molecule has 0 aliphatic carbocycles. The summed E-state index contributed by atoms with van der Waals surface area (Å²) < 4.78 is 12.7. The van der Waals surface area contributed by atoms with Gasteiger partial charge in [0, 0.05) is 18.3 Å². The monoisotopic (exact) mass is 457 g/mol. The van der Waals surface area contributed by atoms with E-state index in [0.717, 1.165) is 33.7 Å². The lowest BCUT2D eigenvalue weighted by molar-refractivity contribution is -0.120. The predicted octanol–water partition coefficient (Wildman–Crippen LogP) is 4.85. The van der Waals surface area contributed by atoms with Gasteiger partial charge in [0.1, 0.15) is 5.65 Å². The Labute approximate surface area is 200 Å². The number of hydrogen-bond acceptors (Lipinski definition) is 4. The molecule has 2 aromatic carbocycles. The molecule has 0 aliphatic heterocycles. The fraction of sp³-hybridized carbons (Fsp3) is 0.286. The second kappa shape index (κ2) is 10.00. The first-order valence-electron chi connectivity index (χ1n) is 11.4. The third-order valence-electron chi connectivity index (χ3n) is 6.17. The van der Waals surface area contributed by atoms with E-state index in [1.165, 1.54) is 11.1 Å². The van der Waals surface area contributed by atoms with Crippen molar-refractivity contribution >= 4 is 11.6 Å². The topological polar surface area (TPSA) is 64.9 Å². The molecular weight excluding hydrogens is 426 g/mol. The van der Waals surface area contributed by atoms with E-state index in [1.807, 2.05) is 47.9 Å². The van der Waals surface area contributed by atoms with E-state index in [-0.39, 0.29) is 12.3 Å². The molecule has 0 fully saturated rings. The van der Waals surface area contributed by atoms with Crippen LogP contribution in [0.4, 0.5) is 0 Å². The number of imidazole rings is 1. The first kappa shape index (κ1) is 23.4. The summed E-state index contributed by atoms with van der Waals surface area (Å²) in [4.78, 5) is 17.8. The first-order valence-corrected chi connectivity index (χ1v) is 11.4. The van der Waals surface area contributed by atoms with Crippen LogP contribution in [0.25, 0.3) is 16.9 Å². The maximum atomic E-state index is 12.9. The minimum Gasteiger partial charge on any atom is -0.493 e. The van der Waals surface area contributed by atoms with Crippen molar-refractivity contribution < 1.29 is 14.3 Å². The Morgan fingerprint density at radius 3 is 2.47 bits per heavy atom. The zero-order valence-electron chi connectivity index (χ0n) is 20.4. The van der Waals surface area contributed by atoms with Crippen molar-refractivity contribution in [2.24, 2.45) is 0 Å². The highest BCUT2D eigenvalue weighted by Gasteiger charge is 2.18. The van der Waals surface area contributed by atoms with Gasteiger partial charge in [0.25, 0.3) is 0 Å². The standard InChI is InChI=1S/C28H31N3O3/c1-18-11-13-31-23(28(30-26(31)14-18)22-8-6-19(2)20(3)15-22)17-27(32)29-12-10-21-7-9-24(33-4)25(16-21)34-5/h6-9,11,13-16H,10,12,17H2,1-5H3,(H,29,32). The molecule has 0 spiro atoms. The van der Waals surface area contributed by atoms with Crippen LogP contribution in [0.5, 0.6) is 11.5 Å². The lowest BCUT2D eigenvalue weighted by Crippen LogP contribution is -2.27. The highest BCUT2D eigenvalue weighted by molar-refractivity contribution is 5.81. The van der Waals surface area contributed by atoms with Crippen molar-refractivity contribution in [3.05, 3.63) is 82.7 Å². The molecule has 6 heteroatoms. The summed E-state index contributed by atoms with van der Waals surface area (Å²) in [7, 11) is 3.24. The van der Waals surface area contributed by atoms with Crippen LogP contribution in [-0.4, -0.2) is 36.1 Å². The molecule has 0 unspecified atom stereocenters. The van der Waals surface area contributed by atoms with Gasteiger partial charge in [-0.05, 0) is 79.8 Å². The number of nitrogens with zero attached hydrogens (tertiary/aromatic N) is 2. The van der Waals surface area contributed by atoms with Gasteiger partial charge in [-0.3, -0.25) is 4.79 Å². The summed E-state index contributed by atoms with van der Waals surface area (Å²) in [5, 5.41) is 3.06. The number of ether oxygens (including phenoxy) is 2. The third-order valence-corrected chi connectivity index (χ3v) is 6.17. The number of rotatable bonds is 8. The van der Waals surface area contributed by atoms with Gasteiger partial charge in [-0.1, -0.05) is 18.2 Å². The van der Waals surface area contributed by atoms with Crippen LogP contribution >= 0.6 is 0 Å². The minimum absolute atomic E-state index is 0.0343. The number of pyridine rings is 1. The molecule has 176 valence electrons. The fourth-order valence-corrected chi connectivity index (χ4v) is 4.08. The molecular formula is C28H31N3O3. The summed E-state index contributed by atoms with van der Waals surface area (Å²) >= 11 is 0. The Morgan fingerprint density at radius 2 is 1.74 bits per heavy atom. The fourth-order valence-electron chi connectivity index (χ4n) is 4.08. The SMILES string of the molecule is COc1ccc(CCNC(=O)Cc2c(-c3ccc(C)c(C)c3)nc3cc(C)ccn23)cc1OC. The number of carbonyl (C=O) groups is 1. The average molecular weight is 458 g/mol. The number of carbonyl (C=O) groups excluding carboxylic acids is 1. The van der Waals surface area contributed by atoms with Gasteiger partial charge in [-0.25, -0.2) is 4.98 Å². The molecule has 1 amide bonds. The predicted molar refractivity (Wildman–Crippen MR) is 135 cm³/mol. The molecule has 2 aromatic heterocycles. The molecule has 4 aromatic rings. The van der Waals surface area contributed by atoms with Gasteiger partial charge in [-0.2, -0.15) is 0 Å². The largest absolute Gasteiger partial charge is 0.493 e. The second-order valence-electron chi connectivity index (χ2n) is 8.60. The van der Waals surface area contributed by atoms with Crippen molar-refractivity contribution in [1.82, 2.24) is 14.7 Å². The highest BCUT2D eigenvalue weighted by atomic mass is 16.5. The summed E-state index contributed by atoms with van der Waals surface area (Å²) in [6.45, 7) is 6.77. The smallest absolute Gasteiger partial charge is 0.226 e. The summed E-state index contributed by atoms with van der Waals surface area (Å²) in [5.74, 6) is 1.34. The molecule has 0 saturated carbocycles. The second-order valence-corrected chi connectivity index (χ2v) is 8.60. The third kappa shape index (κ3) is 4.91. The molecule has 0 saturated heterocycles. The lowest BCUT2D eigenvalue weighted by Gasteiger charge is -2.11. The van der Waals surface area contributed by atoms with Crippen LogP contribution in [0.2, 0.25) is 0 Å². The molecule has 0 bridgehead atoms. The van der Waals surface area contributed by atoms with Gasteiger partial charge < -0.3 is 19.2 Å². The Kier molecular flexibility index (Phi) is 6.87. The molecule has 34 heavy (non-hydrogen) atoms. The van der Waals surface area contributed by atoms with E-state index in [9.17, 15) is 4.79 Å². The normalized spacial score (nSPS) is 11.0. The summed E-state index contributed by atoms with van der Waals surface area (Å²) in [6.07, 6.45) is 2.94. The van der Waals surface area contributed by atoms with Crippen molar-refractivity contribution in [2.75, 3.05) is 20.8 Å². The molecule has 0 aliphatic rings. The highest BCUT2D eigenvalue weighted by Crippen LogP contribution is 2.28. The average Bonchev–Trinajstić information content (AvgIpc) is 3.17. The van der Waals surface area contributed by atoms with Crippen LogP contribution in [-0.2, 0) is 17.6 Å². The van der Waals surface area contributed by atoms with E-state index in [0.29, 0.717) is 24.5 Å². The van der Waals surface area contributed by atoms with Crippen molar-refractivity contribution in [3.8, 4) is 22.8 Å². The molecule has 6 nitrogen and oxygen atoms in total. The van der Waals surface area contributed by atoms with Gasteiger partial charge in [0.05, 0.1) is 32.0 Å². The number of amides is 1. The van der Waals surface area contributed by atoms with Crippen LogP contribution < -0.4 is 14.8 Å². The van der Waals surface area contributed by atoms with Crippen LogP contribution in [0.15, 0.2) is 54.7 Å². The Balaban J connectivity index is 1.53. The van der Waals surface area contributed by atoms with Crippen molar-refractivity contribution in [3.63, 3.8) is 0 Å². The number of fused-ring (bicyclic) bond motifs is 1. The number of methoxy groups -OCH3 is 2.